The fraction of sp³-hybridized carbons (Fsp3) is 0.600. The summed E-state index contributed by atoms with van der Waals surface area (Å²) in [7, 11) is -3.34. The van der Waals surface area contributed by atoms with Crippen molar-refractivity contribution in [2.45, 2.75) is 50.6 Å². The van der Waals surface area contributed by atoms with E-state index in [0.29, 0.717) is 29.8 Å². The zero-order valence-corrected chi connectivity index (χ0v) is 16.1. The number of methoxy groups -OCH3 is 1. The van der Waals surface area contributed by atoms with Gasteiger partial charge in [0.2, 0.25) is 0 Å². The highest BCUT2D eigenvalue weighted by Gasteiger charge is 2.47. The predicted octanol–water partition coefficient (Wildman–Crippen LogP) is 2.22. The van der Waals surface area contributed by atoms with Crippen molar-refractivity contribution in [2.24, 2.45) is 0 Å². The third-order valence-electron chi connectivity index (χ3n) is 4.64. The second kappa shape index (κ2) is 7.06. The lowest BCUT2D eigenvalue weighted by atomic mass is 10.2. The second-order valence-corrected chi connectivity index (χ2v) is 9.10. The highest BCUT2D eigenvalue weighted by Crippen LogP contribution is 2.57. The van der Waals surface area contributed by atoms with Crippen molar-refractivity contribution in [1.29, 1.82) is 0 Å². The summed E-state index contributed by atoms with van der Waals surface area (Å²) in [6.07, 6.45) is 3.51. The van der Waals surface area contributed by atoms with Crippen LogP contribution in [0.5, 0.6) is 0 Å². The van der Waals surface area contributed by atoms with E-state index < -0.39 is 19.1 Å². The minimum Gasteiger partial charge on any atom is -0.437 e. The summed E-state index contributed by atoms with van der Waals surface area (Å²) >= 11 is 0. The van der Waals surface area contributed by atoms with Gasteiger partial charge in [0, 0.05) is 6.04 Å². The number of aromatic nitrogens is 4. The first-order valence-electron chi connectivity index (χ1n) is 8.36. The molecule has 12 heteroatoms. The van der Waals surface area contributed by atoms with Crippen LogP contribution in [0.3, 0.4) is 0 Å². The number of fused-ring (bicyclic) bond motifs is 1. The Labute approximate surface area is 155 Å². The molecule has 0 bridgehead atoms. The van der Waals surface area contributed by atoms with Crippen molar-refractivity contribution in [2.75, 3.05) is 12.8 Å². The minimum absolute atomic E-state index is 0.0460. The lowest BCUT2D eigenvalue weighted by Gasteiger charge is -2.31. The lowest BCUT2D eigenvalue weighted by Crippen LogP contribution is -2.31. The molecule has 11 nitrogen and oxygen atoms in total. The van der Waals surface area contributed by atoms with Crippen LogP contribution in [0.2, 0.25) is 0 Å². The van der Waals surface area contributed by atoms with E-state index >= 15 is 0 Å². The molecule has 1 saturated carbocycles. The molecular formula is C15H22N5O6P. The largest absolute Gasteiger partial charge is 0.514 e. The monoisotopic (exact) mass is 399 g/mol. The fourth-order valence-corrected chi connectivity index (χ4v) is 3.92. The number of carbonyl (C=O) groups excluding carboxylic acids is 1. The molecule has 27 heavy (non-hydrogen) atoms. The van der Waals surface area contributed by atoms with Gasteiger partial charge in [0.15, 0.2) is 16.8 Å². The molecule has 3 atom stereocenters. The summed E-state index contributed by atoms with van der Waals surface area (Å²) in [6.45, 7) is 2.81. The van der Waals surface area contributed by atoms with Crippen LogP contribution in [-0.4, -0.2) is 49.1 Å². The van der Waals surface area contributed by atoms with Crippen LogP contribution >= 0.6 is 7.60 Å². The van der Waals surface area contributed by atoms with Crippen LogP contribution in [-0.2, 0) is 18.6 Å². The number of anilines is 1. The Balaban J connectivity index is 1.71. The molecular weight excluding hydrogens is 377 g/mol. The standard InChI is InChI=1S/C15H22N5O6P/c1-15(2,27(22,23)26-14(21)24-3)25-10-5-4-9(6-10)20-8-19-11-12(16)17-7-18-13(11)20/h7-10H,4-6H2,1-3H3,(H,22,23)(H2,16,17,18)/t9-,10+/m1/s1. The van der Waals surface area contributed by atoms with Gasteiger partial charge < -0.3 is 29.2 Å². The van der Waals surface area contributed by atoms with Gasteiger partial charge in [-0.25, -0.2) is 24.3 Å². The first-order chi connectivity index (χ1) is 12.6. The normalized spacial score (nSPS) is 22.5. The zero-order valence-electron chi connectivity index (χ0n) is 15.2. The Hall–Kier alpha value is -2.23. The van der Waals surface area contributed by atoms with Gasteiger partial charge >= 0.3 is 13.8 Å². The van der Waals surface area contributed by atoms with Crippen LogP contribution in [0.15, 0.2) is 12.7 Å². The molecule has 148 valence electrons. The number of ether oxygens (including phenoxy) is 2. The van der Waals surface area contributed by atoms with Crippen LogP contribution in [0, 0.1) is 0 Å². The molecule has 0 radical (unpaired) electrons. The molecule has 2 heterocycles. The topological polar surface area (TPSA) is 152 Å². The predicted molar refractivity (Wildman–Crippen MR) is 94.9 cm³/mol. The average Bonchev–Trinajstić information content (AvgIpc) is 3.21. The fourth-order valence-electron chi connectivity index (χ4n) is 3.14. The lowest BCUT2D eigenvalue weighted by molar-refractivity contribution is -0.0341. The average molecular weight is 399 g/mol. The van der Waals surface area contributed by atoms with E-state index in [2.05, 4.69) is 24.2 Å². The van der Waals surface area contributed by atoms with Gasteiger partial charge in [0.05, 0.1) is 19.5 Å². The van der Waals surface area contributed by atoms with Crippen molar-refractivity contribution in [1.82, 2.24) is 19.5 Å². The third-order valence-corrected chi connectivity index (χ3v) is 6.50. The SMILES string of the molecule is COC(=O)OP(=O)(O)C(C)(C)O[C@H]1CC[C@@H](n2cnc3c(N)ncnc32)C1. The zero-order chi connectivity index (χ0) is 19.8. The number of imidazole rings is 1. The Bertz CT molecular complexity index is 900. The number of nitrogens with zero attached hydrogens (tertiary/aromatic N) is 4. The van der Waals surface area contributed by atoms with Crippen molar-refractivity contribution in [3.05, 3.63) is 12.7 Å². The van der Waals surface area contributed by atoms with Crippen molar-refractivity contribution < 1.29 is 28.3 Å². The smallest absolute Gasteiger partial charge is 0.437 e. The summed E-state index contributed by atoms with van der Waals surface area (Å²) in [4.78, 5) is 33.7. The number of nitrogens with two attached hydrogens (primary N) is 1. The Morgan fingerprint density at radius 2 is 2.11 bits per heavy atom. The number of nitrogen functional groups attached to an aromatic ring is 1. The van der Waals surface area contributed by atoms with Gasteiger partial charge in [0.25, 0.3) is 0 Å². The van der Waals surface area contributed by atoms with Crippen LogP contribution < -0.4 is 5.73 Å². The van der Waals surface area contributed by atoms with Crippen LogP contribution in [0.4, 0.5) is 10.6 Å². The van der Waals surface area contributed by atoms with E-state index in [1.54, 1.807) is 6.33 Å². The van der Waals surface area contributed by atoms with Gasteiger partial charge in [-0.2, -0.15) is 0 Å². The molecule has 0 spiro atoms. The highest BCUT2D eigenvalue weighted by atomic mass is 31.2. The molecule has 1 aliphatic rings. The maximum Gasteiger partial charge on any atom is 0.514 e. The summed E-state index contributed by atoms with van der Waals surface area (Å²) < 4.78 is 28.9. The Kier molecular flexibility index (Phi) is 5.11. The van der Waals surface area contributed by atoms with Crippen molar-refractivity contribution in [3.63, 3.8) is 0 Å². The van der Waals surface area contributed by atoms with Gasteiger partial charge in [-0.05, 0) is 33.1 Å². The van der Waals surface area contributed by atoms with Gasteiger partial charge in [-0.1, -0.05) is 0 Å². The number of hydrogen-bond donors (Lipinski definition) is 2. The molecule has 0 saturated heterocycles. The van der Waals surface area contributed by atoms with Gasteiger partial charge in [-0.15, -0.1) is 0 Å². The second-order valence-electron chi connectivity index (χ2n) is 6.80. The van der Waals surface area contributed by atoms with Crippen molar-refractivity contribution >= 4 is 30.7 Å². The van der Waals surface area contributed by atoms with E-state index in [9.17, 15) is 14.3 Å². The van der Waals surface area contributed by atoms with Gasteiger partial charge in [0.1, 0.15) is 11.8 Å². The molecule has 3 N–H and O–H groups in total. The maximum atomic E-state index is 12.4. The molecule has 2 aromatic rings. The molecule has 0 amide bonds. The molecule has 3 rings (SSSR count). The molecule has 1 aliphatic carbocycles. The summed E-state index contributed by atoms with van der Waals surface area (Å²) in [6, 6.07) is 0.0460. The summed E-state index contributed by atoms with van der Waals surface area (Å²) in [5.41, 5.74) is 6.98. The first-order valence-corrected chi connectivity index (χ1v) is 9.93. The van der Waals surface area contributed by atoms with Gasteiger partial charge in [-0.3, -0.25) is 0 Å². The molecule has 1 fully saturated rings. The molecule has 0 aromatic carbocycles. The molecule has 1 unspecified atom stereocenters. The van der Waals surface area contributed by atoms with Crippen LogP contribution in [0.1, 0.15) is 39.2 Å². The summed E-state index contributed by atoms with van der Waals surface area (Å²) in [5, 5.41) is -1.58. The maximum absolute atomic E-state index is 12.4. The first kappa shape index (κ1) is 19.5. The Morgan fingerprint density at radius 3 is 2.81 bits per heavy atom. The molecule has 2 aromatic heterocycles. The van der Waals surface area contributed by atoms with E-state index in [1.807, 2.05) is 4.57 Å². The van der Waals surface area contributed by atoms with Crippen LogP contribution in [0.25, 0.3) is 11.2 Å². The third kappa shape index (κ3) is 3.76. The number of carbonyl (C=O) groups is 1. The number of rotatable bonds is 5. The van der Waals surface area contributed by atoms with E-state index in [1.165, 1.54) is 20.2 Å². The number of hydrogen-bond acceptors (Lipinski definition) is 9. The van der Waals surface area contributed by atoms with E-state index in [-0.39, 0.29) is 12.1 Å². The van der Waals surface area contributed by atoms with E-state index in [0.717, 1.165) is 13.5 Å². The van der Waals surface area contributed by atoms with Crippen molar-refractivity contribution in [3.8, 4) is 0 Å². The minimum atomic E-state index is -4.40. The highest BCUT2D eigenvalue weighted by molar-refractivity contribution is 7.54. The summed E-state index contributed by atoms with van der Waals surface area (Å²) in [5.74, 6) is 0.312. The quantitative estimate of drug-likeness (QED) is 0.565. The Morgan fingerprint density at radius 1 is 1.37 bits per heavy atom. The molecule has 0 aliphatic heterocycles. The van der Waals surface area contributed by atoms with E-state index in [4.69, 9.17) is 10.5 Å².